The van der Waals surface area contributed by atoms with Crippen LogP contribution in [0, 0.1) is 6.92 Å². The van der Waals surface area contributed by atoms with E-state index in [0.29, 0.717) is 18.9 Å². The maximum Gasteiger partial charge on any atom is 0.574 e. The van der Waals surface area contributed by atoms with Gasteiger partial charge in [0.25, 0.3) is 0 Å². The first-order valence-electron chi connectivity index (χ1n) is 7.55. The SMILES string of the molecule is Cc1cnc(N2CC(Oc3cccc(OC(F)(F)F)n3)C2)c(C(=O)O)c1. The molecule has 0 bridgehead atoms. The number of anilines is 1. The predicted molar refractivity (Wildman–Crippen MR) is 83.5 cm³/mol. The van der Waals surface area contributed by atoms with Gasteiger partial charge in [0.1, 0.15) is 17.5 Å². The number of hydrogen-bond donors (Lipinski definition) is 1. The molecule has 7 nitrogen and oxygen atoms in total. The van der Waals surface area contributed by atoms with E-state index < -0.39 is 18.2 Å². The Kier molecular flexibility index (Phi) is 4.58. The van der Waals surface area contributed by atoms with Crippen LogP contribution in [0.1, 0.15) is 15.9 Å². The van der Waals surface area contributed by atoms with E-state index in [-0.39, 0.29) is 17.5 Å². The second kappa shape index (κ2) is 6.70. The standard InChI is InChI=1S/C16H14F3N3O4/c1-9-5-11(15(23)24)14(20-6-9)22-7-10(8-22)25-12-3-2-4-13(21-12)26-16(17,18)19/h2-6,10H,7-8H2,1H3,(H,23,24). The van der Waals surface area contributed by atoms with Crippen LogP contribution in [0.15, 0.2) is 30.5 Å². The molecule has 1 fully saturated rings. The van der Waals surface area contributed by atoms with Crippen LogP contribution in [-0.4, -0.2) is 46.6 Å². The average Bonchev–Trinajstić information content (AvgIpc) is 2.49. The van der Waals surface area contributed by atoms with E-state index in [9.17, 15) is 23.1 Å². The Bertz CT molecular complexity index is 823. The number of halogens is 3. The van der Waals surface area contributed by atoms with Crippen LogP contribution < -0.4 is 14.4 Å². The minimum atomic E-state index is -4.83. The number of hydrogen-bond acceptors (Lipinski definition) is 6. The number of aromatic nitrogens is 2. The van der Waals surface area contributed by atoms with Crippen molar-refractivity contribution in [3.8, 4) is 11.8 Å². The minimum absolute atomic E-state index is 0.00766. The van der Waals surface area contributed by atoms with Crippen molar-refractivity contribution in [1.29, 1.82) is 0 Å². The molecule has 26 heavy (non-hydrogen) atoms. The third kappa shape index (κ3) is 4.13. The van der Waals surface area contributed by atoms with Gasteiger partial charge in [-0.1, -0.05) is 6.07 Å². The predicted octanol–water partition coefficient (Wildman–Crippen LogP) is 2.65. The molecular weight excluding hydrogens is 355 g/mol. The molecule has 2 aromatic heterocycles. The first-order valence-corrected chi connectivity index (χ1v) is 7.55. The molecular formula is C16H14F3N3O4. The summed E-state index contributed by atoms with van der Waals surface area (Å²) in [7, 11) is 0. The largest absolute Gasteiger partial charge is 0.574 e. The van der Waals surface area contributed by atoms with E-state index in [1.807, 2.05) is 0 Å². The lowest BCUT2D eigenvalue weighted by Gasteiger charge is -2.40. The Morgan fingerprint density at radius 2 is 2.00 bits per heavy atom. The van der Waals surface area contributed by atoms with Crippen LogP contribution in [0.2, 0.25) is 0 Å². The van der Waals surface area contributed by atoms with Crippen molar-refractivity contribution in [2.45, 2.75) is 19.4 Å². The van der Waals surface area contributed by atoms with Crippen molar-refractivity contribution >= 4 is 11.8 Å². The van der Waals surface area contributed by atoms with Crippen LogP contribution in [0.4, 0.5) is 19.0 Å². The molecule has 0 saturated carbocycles. The van der Waals surface area contributed by atoms with Crippen LogP contribution in [0.5, 0.6) is 11.8 Å². The summed E-state index contributed by atoms with van der Waals surface area (Å²) in [6.07, 6.45) is -3.62. The Morgan fingerprint density at radius 1 is 1.31 bits per heavy atom. The van der Waals surface area contributed by atoms with Gasteiger partial charge in [-0.15, -0.1) is 13.2 Å². The molecule has 2 aromatic rings. The van der Waals surface area contributed by atoms with Gasteiger partial charge in [-0.2, -0.15) is 4.98 Å². The smallest absolute Gasteiger partial charge is 0.478 e. The number of pyridine rings is 2. The molecule has 0 amide bonds. The highest BCUT2D eigenvalue weighted by Gasteiger charge is 2.34. The van der Waals surface area contributed by atoms with Gasteiger partial charge < -0.3 is 19.5 Å². The van der Waals surface area contributed by atoms with Crippen molar-refractivity contribution < 1.29 is 32.5 Å². The van der Waals surface area contributed by atoms with E-state index >= 15 is 0 Å². The molecule has 1 saturated heterocycles. The number of alkyl halides is 3. The summed E-state index contributed by atoms with van der Waals surface area (Å²) in [4.78, 5) is 20.8. The molecule has 1 aliphatic rings. The molecule has 0 unspecified atom stereocenters. The lowest BCUT2D eigenvalue weighted by molar-refractivity contribution is -0.276. The van der Waals surface area contributed by atoms with Crippen molar-refractivity contribution in [2.24, 2.45) is 0 Å². The maximum absolute atomic E-state index is 12.2. The molecule has 0 aliphatic carbocycles. The summed E-state index contributed by atoms with van der Waals surface area (Å²) in [6.45, 7) is 2.41. The number of carboxylic acid groups (broad SMARTS) is 1. The molecule has 0 aromatic carbocycles. The fourth-order valence-corrected chi connectivity index (χ4v) is 2.46. The van der Waals surface area contributed by atoms with Gasteiger partial charge in [-0.25, -0.2) is 9.78 Å². The van der Waals surface area contributed by atoms with E-state index in [0.717, 1.165) is 11.6 Å². The molecule has 10 heteroatoms. The fourth-order valence-electron chi connectivity index (χ4n) is 2.46. The van der Waals surface area contributed by atoms with Crippen molar-refractivity contribution in [3.63, 3.8) is 0 Å². The Balaban J connectivity index is 1.63. The van der Waals surface area contributed by atoms with E-state index in [4.69, 9.17) is 4.74 Å². The topological polar surface area (TPSA) is 84.8 Å². The lowest BCUT2D eigenvalue weighted by atomic mass is 10.1. The molecule has 0 spiro atoms. The number of nitrogens with zero attached hydrogens (tertiary/aromatic N) is 3. The molecule has 3 rings (SSSR count). The highest BCUT2D eigenvalue weighted by Crippen LogP contribution is 2.27. The number of rotatable bonds is 5. The Morgan fingerprint density at radius 3 is 2.65 bits per heavy atom. The lowest BCUT2D eigenvalue weighted by Crippen LogP contribution is -2.54. The van der Waals surface area contributed by atoms with E-state index in [2.05, 4.69) is 14.7 Å². The first-order chi connectivity index (χ1) is 12.2. The van der Waals surface area contributed by atoms with Gasteiger partial charge in [-0.3, -0.25) is 0 Å². The zero-order valence-electron chi connectivity index (χ0n) is 13.5. The monoisotopic (exact) mass is 369 g/mol. The second-order valence-corrected chi connectivity index (χ2v) is 5.70. The Labute approximate surface area is 146 Å². The van der Waals surface area contributed by atoms with Gasteiger partial charge in [0.05, 0.1) is 13.1 Å². The van der Waals surface area contributed by atoms with Gasteiger partial charge in [0.15, 0.2) is 0 Å². The molecule has 3 heterocycles. The second-order valence-electron chi connectivity index (χ2n) is 5.70. The van der Waals surface area contributed by atoms with Crippen molar-refractivity contribution in [2.75, 3.05) is 18.0 Å². The fraction of sp³-hybridized carbons (Fsp3) is 0.312. The number of aromatic carboxylic acids is 1. The number of carbonyl (C=O) groups is 1. The summed E-state index contributed by atoms with van der Waals surface area (Å²) in [6, 6.07) is 5.35. The van der Waals surface area contributed by atoms with Gasteiger partial charge in [0.2, 0.25) is 11.8 Å². The summed E-state index contributed by atoms with van der Waals surface area (Å²) < 4.78 is 45.9. The molecule has 1 aliphatic heterocycles. The van der Waals surface area contributed by atoms with Crippen LogP contribution in [0.25, 0.3) is 0 Å². The summed E-state index contributed by atoms with van der Waals surface area (Å²) >= 11 is 0. The van der Waals surface area contributed by atoms with Crippen LogP contribution in [0.3, 0.4) is 0 Å². The van der Waals surface area contributed by atoms with Crippen LogP contribution >= 0.6 is 0 Å². The normalized spacial score (nSPS) is 14.7. The molecule has 138 valence electrons. The molecule has 0 atom stereocenters. The number of aryl methyl sites for hydroxylation is 1. The summed E-state index contributed by atoms with van der Waals surface area (Å²) in [5, 5.41) is 9.27. The highest BCUT2D eigenvalue weighted by molar-refractivity contribution is 5.93. The number of carboxylic acids is 1. The zero-order valence-corrected chi connectivity index (χ0v) is 13.5. The Hall–Kier alpha value is -3.04. The van der Waals surface area contributed by atoms with E-state index in [1.54, 1.807) is 18.0 Å². The zero-order chi connectivity index (χ0) is 18.9. The maximum atomic E-state index is 12.2. The van der Waals surface area contributed by atoms with Crippen LogP contribution in [-0.2, 0) is 0 Å². The average molecular weight is 369 g/mol. The van der Waals surface area contributed by atoms with Crippen molar-refractivity contribution in [1.82, 2.24) is 9.97 Å². The first kappa shape index (κ1) is 17.8. The minimum Gasteiger partial charge on any atom is -0.478 e. The molecule has 0 radical (unpaired) electrons. The third-order valence-corrected chi connectivity index (χ3v) is 3.59. The van der Waals surface area contributed by atoms with Crippen molar-refractivity contribution in [3.05, 3.63) is 41.6 Å². The highest BCUT2D eigenvalue weighted by atomic mass is 19.4. The summed E-state index contributed by atoms with van der Waals surface area (Å²) in [5.74, 6) is -1.38. The third-order valence-electron chi connectivity index (χ3n) is 3.59. The summed E-state index contributed by atoms with van der Waals surface area (Å²) in [5.41, 5.74) is 0.812. The van der Waals surface area contributed by atoms with E-state index in [1.165, 1.54) is 18.2 Å². The van der Waals surface area contributed by atoms with Gasteiger partial charge in [-0.05, 0) is 18.6 Å². The number of ether oxygens (including phenoxy) is 2. The molecule has 1 N–H and O–H groups in total. The quantitative estimate of drug-likeness (QED) is 0.867. The van der Waals surface area contributed by atoms with Gasteiger partial charge in [0, 0.05) is 18.3 Å². The van der Waals surface area contributed by atoms with Gasteiger partial charge >= 0.3 is 12.3 Å².